The van der Waals surface area contributed by atoms with Crippen LogP contribution in [0.5, 0.6) is 0 Å². The van der Waals surface area contributed by atoms with E-state index in [1.165, 1.54) is 0 Å². The SMILES string of the molecule is Cc1ccc(N[C@@H](C(=O)O)c2ccc(Cl)cc2)cc1. The van der Waals surface area contributed by atoms with Gasteiger partial charge in [0.05, 0.1) is 0 Å². The Morgan fingerprint density at radius 1 is 1.11 bits per heavy atom. The van der Waals surface area contributed by atoms with E-state index in [0.717, 1.165) is 11.3 Å². The van der Waals surface area contributed by atoms with Gasteiger partial charge in [0, 0.05) is 10.7 Å². The van der Waals surface area contributed by atoms with Gasteiger partial charge in [-0.05, 0) is 36.8 Å². The lowest BCUT2D eigenvalue weighted by Crippen LogP contribution is -2.20. The summed E-state index contributed by atoms with van der Waals surface area (Å²) < 4.78 is 0. The molecule has 3 nitrogen and oxygen atoms in total. The second kappa shape index (κ2) is 5.76. The molecule has 1 atom stereocenters. The first-order valence-electron chi connectivity index (χ1n) is 5.88. The first-order chi connectivity index (χ1) is 9.06. The molecule has 0 aliphatic carbocycles. The van der Waals surface area contributed by atoms with Gasteiger partial charge in [0.25, 0.3) is 0 Å². The number of hydrogen-bond acceptors (Lipinski definition) is 2. The van der Waals surface area contributed by atoms with Gasteiger partial charge in [-0.15, -0.1) is 0 Å². The van der Waals surface area contributed by atoms with E-state index in [-0.39, 0.29) is 0 Å². The third-order valence-corrected chi connectivity index (χ3v) is 3.06. The number of hydrogen-bond donors (Lipinski definition) is 2. The van der Waals surface area contributed by atoms with Crippen LogP contribution in [-0.4, -0.2) is 11.1 Å². The second-order valence-electron chi connectivity index (χ2n) is 4.33. The average Bonchev–Trinajstić information content (AvgIpc) is 2.39. The zero-order valence-electron chi connectivity index (χ0n) is 10.4. The van der Waals surface area contributed by atoms with Crippen LogP contribution in [0.15, 0.2) is 48.5 Å². The summed E-state index contributed by atoms with van der Waals surface area (Å²) in [6, 6.07) is 13.6. The van der Waals surface area contributed by atoms with Gasteiger partial charge in [-0.1, -0.05) is 41.4 Å². The number of aliphatic carboxylic acids is 1. The number of carbonyl (C=O) groups is 1. The fourth-order valence-corrected chi connectivity index (χ4v) is 1.89. The topological polar surface area (TPSA) is 49.3 Å². The molecular weight excluding hydrogens is 262 g/mol. The van der Waals surface area contributed by atoms with Crippen molar-refractivity contribution in [2.24, 2.45) is 0 Å². The highest BCUT2D eigenvalue weighted by Crippen LogP contribution is 2.22. The highest BCUT2D eigenvalue weighted by molar-refractivity contribution is 6.30. The zero-order chi connectivity index (χ0) is 13.8. The largest absolute Gasteiger partial charge is 0.479 e. The fourth-order valence-electron chi connectivity index (χ4n) is 1.76. The Labute approximate surface area is 116 Å². The van der Waals surface area contributed by atoms with Crippen molar-refractivity contribution in [1.29, 1.82) is 0 Å². The molecule has 0 saturated carbocycles. The quantitative estimate of drug-likeness (QED) is 0.890. The summed E-state index contributed by atoms with van der Waals surface area (Å²) >= 11 is 5.81. The Hall–Kier alpha value is -2.00. The highest BCUT2D eigenvalue weighted by Gasteiger charge is 2.19. The molecule has 0 saturated heterocycles. The molecule has 0 fully saturated rings. The van der Waals surface area contributed by atoms with E-state index in [9.17, 15) is 9.90 Å². The second-order valence-corrected chi connectivity index (χ2v) is 4.77. The summed E-state index contributed by atoms with van der Waals surface area (Å²) in [7, 11) is 0. The van der Waals surface area contributed by atoms with E-state index in [1.807, 2.05) is 31.2 Å². The van der Waals surface area contributed by atoms with Crippen molar-refractivity contribution in [3.8, 4) is 0 Å². The van der Waals surface area contributed by atoms with E-state index in [4.69, 9.17) is 11.6 Å². The molecule has 4 heteroatoms. The molecular formula is C15H14ClNO2. The first kappa shape index (κ1) is 13.4. The van der Waals surface area contributed by atoms with Crippen LogP contribution in [0.2, 0.25) is 5.02 Å². The Bertz CT molecular complexity index is 564. The number of anilines is 1. The van der Waals surface area contributed by atoms with Crippen LogP contribution < -0.4 is 5.32 Å². The molecule has 0 heterocycles. The fraction of sp³-hybridized carbons (Fsp3) is 0.133. The highest BCUT2D eigenvalue weighted by atomic mass is 35.5. The van der Waals surface area contributed by atoms with Gasteiger partial charge in [-0.2, -0.15) is 0 Å². The van der Waals surface area contributed by atoms with Crippen LogP contribution >= 0.6 is 11.6 Å². The maximum atomic E-state index is 11.4. The number of halogens is 1. The van der Waals surface area contributed by atoms with Crippen LogP contribution in [-0.2, 0) is 4.79 Å². The summed E-state index contributed by atoms with van der Waals surface area (Å²) in [5.41, 5.74) is 2.56. The third-order valence-electron chi connectivity index (χ3n) is 2.81. The number of carboxylic acid groups (broad SMARTS) is 1. The Morgan fingerprint density at radius 3 is 2.21 bits per heavy atom. The maximum Gasteiger partial charge on any atom is 0.330 e. The molecule has 0 aliphatic heterocycles. The van der Waals surface area contributed by atoms with Gasteiger partial charge < -0.3 is 10.4 Å². The van der Waals surface area contributed by atoms with Crippen LogP contribution in [0.4, 0.5) is 5.69 Å². The van der Waals surface area contributed by atoms with Crippen LogP contribution in [0.3, 0.4) is 0 Å². The average molecular weight is 276 g/mol. The molecule has 0 amide bonds. The Kier molecular flexibility index (Phi) is 4.07. The van der Waals surface area contributed by atoms with Gasteiger partial charge in [0.1, 0.15) is 0 Å². The summed E-state index contributed by atoms with van der Waals surface area (Å²) in [4.78, 5) is 11.4. The maximum absolute atomic E-state index is 11.4. The van der Waals surface area contributed by atoms with Gasteiger partial charge in [-0.25, -0.2) is 4.79 Å². The van der Waals surface area contributed by atoms with Crippen molar-refractivity contribution in [1.82, 2.24) is 0 Å². The van der Waals surface area contributed by atoms with Gasteiger partial charge in [-0.3, -0.25) is 0 Å². The number of rotatable bonds is 4. The zero-order valence-corrected chi connectivity index (χ0v) is 11.2. The summed E-state index contributed by atoms with van der Waals surface area (Å²) in [6.45, 7) is 1.98. The first-order valence-corrected chi connectivity index (χ1v) is 6.25. The van der Waals surface area contributed by atoms with Crippen molar-refractivity contribution in [2.45, 2.75) is 13.0 Å². The molecule has 2 rings (SSSR count). The van der Waals surface area contributed by atoms with Crippen molar-refractivity contribution >= 4 is 23.3 Å². The minimum Gasteiger partial charge on any atom is -0.479 e. The Morgan fingerprint density at radius 2 is 1.68 bits per heavy atom. The minimum atomic E-state index is -0.928. The van der Waals surface area contributed by atoms with E-state index in [2.05, 4.69) is 5.32 Å². The van der Waals surface area contributed by atoms with E-state index < -0.39 is 12.0 Å². The number of nitrogens with one attached hydrogen (secondary N) is 1. The number of aryl methyl sites for hydroxylation is 1. The summed E-state index contributed by atoms with van der Waals surface area (Å²) in [5, 5.41) is 12.9. The smallest absolute Gasteiger partial charge is 0.330 e. The predicted octanol–water partition coefficient (Wildman–Crippen LogP) is 3.89. The molecule has 0 aromatic heterocycles. The minimum absolute atomic E-state index is 0.586. The van der Waals surface area contributed by atoms with Gasteiger partial charge >= 0.3 is 5.97 Å². The number of carboxylic acids is 1. The van der Waals surface area contributed by atoms with Crippen molar-refractivity contribution in [3.63, 3.8) is 0 Å². The van der Waals surface area contributed by atoms with E-state index in [0.29, 0.717) is 10.6 Å². The normalized spacial score (nSPS) is 11.9. The molecule has 2 aromatic carbocycles. The predicted molar refractivity (Wildman–Crippen MR) is 76.6 cm³/mol. The van der Waals surface area contributed by atoms with Crippen molar-refractivity contribution in [3.05, 3.63) is 64.7 Å². The standard InChI is InChI=1S/C15H14ClNO2/c1-10-2-8-13(9-3-10)17-14(15(18)19)11-4-6-12(16)7-5-11/h2-9,14,17H,1H3,(H,18,19)/t14-/m1/s1. The van der Waals surface area contributed by atoms with Crippen molar-refractivity contribution < 1.29 is 9.90 Å². The van der Waals surface area contributed by atoms with Gasteiger partial charge in [0.15, 0.2) is 6.04 Å². The molecule has 19 heavy (non-hydrogen) atoms. The van der Waals surface area contributed by atoms with Crippen molar-refractivity contribution in [2.75, 3.05) is 5.32 Å². The van der Waals surface area contributed by atoms with Crippen LogP contribution in [0.25, 0.3) is 0 Å². The van der Waals surface area contributed by atoms with E-state index >= 15 is 0 Å². The van der Waals surface area contributed by atoms with Crippen LogP contribution in [0.1, 0.15) is 17.2 Å². The lowest BCUT2D eigenvalue weighted by atomic mass is 10.1. The summed E-state index contributed by atoms with van der Waals surface area (Å²) in [5.74, 6) is -0.928. The summed E-state index contributed by atoms with van der Waals surface area (Å²) in [6.07, 6.45) is 0. The molecule has 0 bridgehead atoms. The molecule has 0 spiro atoms. The molecule has 0 radical (unpaired) electrons. The molecule has 0 unspecified atom stereocenters. The Balaban J connectivity index is 2.23. The molecule has 0 aliphatic rings. The monoisotopic (exact) mass is 275 g/mol. The van der Waals surface area contributed by atoms with E-state index in [1.54, 1.807) is 24.3 Å². The number of benzene rings is 2. The van der Waals surface area contributed by atoms with Crippen LogP contribution in [0, 0.1) is 6.92 Å². The molecule has 98 valence electrons. The third kappa shape index (κ3) is 3.48. The van der Waals surface area contributed by atoms with Gasteiger partial charge in [0.2, 0.25) is 0 Å². The molecule has 2 N–H and O–H groups in total. The lowest BCUT2D eigenvalue weighted by molar-refractivity contribution is -0.138. The molecule has 2 aromatic rings. The lowest BCUT2D eigenvalue weighted by Gasteiger charge is -2.16.